The van der Waals surface area contributed by atoms with E-state index in [1.165, 1.54) is 19.2 Å². The van der Waals surface area contributed by atoms with Gasteiger partial charge in [-0.15, -0.1) is 0 Å². The minimum atomic E-state index is -3.82. The normalized spacial score (nSPS) is 22.7. The van der Waals surface area contributed by atoms with Gasteiger partial charge in [-0.3, -0.25) is 4.79 Å². The molecule has 1 fully saturated rings. The van der Waals surface area contributed by atoms with E-state index in [0.717, 1.165) is 15.9 Å². The highest BCUT2D eigenvalue weighted by atomic mass is 35.5. The third kappa shape index (κ3) is 3.88. The van der Waals surface area contributed by atoms with Crippen molar-refractivity contribution in [3.8, 4) is 0 Å². The van der Waals surface area contributed by atoms with Gasteiger partial charge in [0.25, 0.3) is 10.2 Å². The smallest absolute Gasteiger partial charge is 0.280 e. The first-order chi connectivity index (χ1) is 12.3. The standard InChI is InChI=1S/C17H17ClFN3O3S/c1-22-16(17(23)20-12-7-8-14(19)13(18)9-12)10-15(21-26(22,24)25)11-5-3-2-4-6-11/h2-9,15-16,21H,10H2,1H3,(H,20,23)/t15-,16+/m1/s1. The minimum absolute atomic E-state index is 0.128. The molecule has 0 aliphatic carbocycles. The molecule has 0 bridgehead atoms. The molecule has 9 heteroatoms. The van der Waals surface area contributed by atoms with Crippen LogP contribution in [0.4, 0.5) is 10.1 Å². The maximum absolute atomic E-state index is 13.3. The Kier molecular flexibility index (Phi) is 5.29. The molecule has 138 valence electrons. The second-order valence-corrected chi connectivity index (χ2v) is 8.14. The van der Waals surface area contributed by atoms with Gasteiger partial charge >= 0.3 is 0 Å². The highest BCUT2D eigenvalue weighted by Gasteiger charge is 2.40. The number of amides is 1. The number of benzene rings is 2. The van der Waals surface area contributed by atoms with Crippen molar-refractivity contribution < 1.29 is 17.6 Å². The van der Waals surface area contributed by atoms with Crippen LogP contribution in [-0.4, -0.2) is 31.7 Å². The maximum Gasteiger partial charge on any atom is 0.280 e. The fourth-order valence-corrected chi connectivity index (χ4v) is 4.27. The first kappa shape index (κ1) is 18.8. The Morgan fingerprint density at radius 2 is 1.96 bits per heavy atom. The number of carbonyl (C=O) groups excluding carboxylic acids is 1. The van der Waals surface area contributed by atoms with Crippen molar-refractivity contribution in [2.24, 2.45) is 0 Å². The Morgan fingerprint density at radius 1 is 1.27 bits per heavy atom. The van der Waals surface area contributed by atoms with Crippen LogP contribution in [0, 0.1) is 5.82 Å². The molecule has 26 heavy (non-hydrogen) atoms. The largest absolute Gasteiger partial charge is 0.325 e. The Bertz CT molecular complexity index is 924. The molecule has 3 rings (SSSR count). The molecular weight excluding hydrogens is 381 g/mol. The summed E-state index contributed by atoms with van der Waals surface area (Å²) in [6.07, 6.45) is 0.250. The Labute approximate surface area is 156 Å². The third-order valence-electron chi connectivity index (χ3n) is 4.26. The summed E-state index contributed by atoms with van der Waals surface area (Å²) in [6.45, 7) is 0. The Morgan fingerprint density at radius 3 is 2.62 bits per heavy atom. The van der Waals surface area contributed by atoms with Crippen LogP contribution in [0.5, 0.6) is 0 Å². The lowest BCUT2D eigenvalue weighted by molar-refractivity contribution is -0.120. The fourth-order valence-electron chi connectivity index (χ4n) is 2.81. The molecular formula is C17H17ClFN3O3S. The minimum Gasteiger partial charge on any atom is -0.325 e. The summed E-state index contributed by atoms with van der Waals surface area (Å²) in [4.78, 5) is 12.7. The molecule has 1 aliphatic rings. The van der Waals surface area contributed by atoms with Gasteiger partial charge in [0.1, 0.15) is 11.9 Å². The lowest BCUT2D eigenvalue weighted by atomic mass is 9.99. The molecule has 0 aromatic heterocycles. The van der Waals surface area contributed by atoms with Crippen LogP contribution in [0.15, 0.2) is 48.5 Å². The highest BCUT2D eigenvalue weighted by molar-refractivity contribution is 7.87. The zero-order valence-corrected chi connectivity index (χ0v) is 15.4. The molecule has 1 heterocycles. The second-order valence-electron chi connectivity index (χ2n) is 5.97. The number of likely N-dealkylation sites (N-methyl/N-ethyl adjacent to an activating group) is 1. The van der Waals surface area contributed by atoms with Crippen molar-refractivity contribution in [2.75, 3.05) is 12.4 Å². The number of hydrogen-bond acceptors (Lipinski definition) is 3. The molecule has 6 nitrogen and oxygen atoms in total. The van der Waals surface area contributed by atoms with Crippen LogP contribution in [0.3, 0.4) is 0 Å². The highest BCUT2D eigenvalue weighted by Crippen LogP contribution is 2.28. The summed E-state index contributed by atoms with van der Waals surface area (Å²) < 4.78 is 41.6. The van der Waals surface area contributed by atoms with Gasteiger partial charge in [0.15, 0.2) is 0 Å². The van der Waals surface area contributed by atoms with Gasteiger partial charge < -0.3 is 5.32 Å². The Hall–Kier alpha value is -2.00. The lowest BCUT2D eigenvalue weighted by Gasteiger charge is -2.36. The summed E-state index contributed by atoms with van der Waals surface area (Å²) >= 11 is 5.72. The zero-order chi connectivity index (χ0) is 18.9. The van der Waals surface area contributed by atoms with Gasteiger partial charge in [-0.25, -0.2) is 4.39 Å². The maximum atomic E-state index is 13.3. The Balaban J connectivity index is 1.84. The molecule has 0 radical (unpaired) electrons. The van der Waals surface area contributed by atoms with Crippen molar-refractivity contribution in [1.29, 1.82) is 0 Å². The van der Waals surface area contributed by atoms with Crippen molar-refractivity contribution >= 4 is 33.4 Å². The average Bonchev–Trinajstić information content (AvgIpc) is 2.61. The number of nitrogens with one attached hydrogen (secondary N) is 2. The lowest BCUT2D eigenvalue weighted by Crippen LogP contribution is -2.55. The number of hydrogen-bond donors (Lipinski definition) is 2. The number of anilines is 1. The number of halogens is 2. The van der Waals surface area contributed by atoms with Crippen LogP contribution >= 0.6 is 11.6 Å². The predicted octanol–water partition coefficient (Wildman–Crippen LogP) is 2.70. The van der Waals surface area contributed by atoms with E-state index in [1.807, 2.05) is 6.07 Å². The first-order valence-electron chi connectivity index (χ1n) is 7.84. The van der Waals surface area contributed by atoms with Gasteiger partial charge in [-0.1, -0.05) is 41.9 Å². The van der Waals surface area contributed by atoms with E-state index in [9.17, 15) is 17.6 Å². The van der Waals surface area contributed by atoms with Gasteiger partial charge in [0, 0.05) is 18.8 Å². The average molecular weight is 398 g/mol. The summed E-state index contributed by atoms with van der Waals surface area (Å²) in [7, 11) is -2.48. The van der Waals surface area contributed by atoms with E-state index < -0.39 is 34.0 Å². The number of nitrogens with zero attached hydrogens (tertiary/aromatic N) is 1. The number of rotatable bonds is 3. The van der Waals surface area contributed by atoms with Crippen LogP contribution in [0.25, 0.3) is 0 Å². The summed E-state index contributed by atoms with van der Waals surface area (Å²) in [6, 6.07) is 11.4. The summed E-state index contributed by atoms with van der Waals surface area (Å²) in [5.41, 5.74) is 1.06. The molecule has 2 aromatic rings. The van der Waals surface area contributed by atoms with Crippen molar-refractivity contribution in [1.82, 2.24) is 9.03 Å². The van der Waals surface area contributed by atoms with Crippen LogP contribution < -0.4 is 10.0 Å². The van der Waals surface area contributed by atoms with Crippen LogP contribution in [0.1, 0.15) is 18.0 Å². The van der Waals surface area contributed by atoms with E-state index >= 15 is 0 Å². The van der Waals surface area contributed by atoms with Gasteiger partial charge in [-0.2, -0.15) is 17.4 Å². The van der Waals surface area contributed by atoms with E-state index in [-0.39, 0.29) is 11.4 Å². The topological polar surface area (TPSA) is 78.5 Å². The van der Waals surface area contributed by atoms with Crippen molar-refractivity contribution in [3.63, 3.8) is 0 Å². The number of carbonyl (C=O) groups is 1. The molecule has 2 atom stereocenters. The second kappa shape index (κ2) is 7.32. The molecule has 0 saturated carbocycles. The molecule has 1 saturated heterocycles. The summed E-state index contributed by atoms with van der Waals surface area (Å²) in [5.74, 6) is -1.11. The molecule has 0 spiro atoms. The fraction of sp³-hybridized carbons (Fsp3) is 0.235. The van der Waals surface area contributed by atoms with Crippen molar-refractivity contribution in [2.45, 2.75) is 18.5 Å². The van der Waals surface area contributed by atoms with Gasteiger partial charge in [0.05, 0.1) is 5.02 Å². The van der Waals surface area contributed by atoms with Gasteiger partial charge in [0.2, 0.25) is 5.91 Å². The van der Waals surface area contributed by atoms with E-state index in [1.54, 1.807) is 24.3 Å². The summed E-state index contributed by atoms with van der Waals surface area (Å²) in [5, 5.41) is 2.47. The molecule has 1 aliphatic heterocycles. The predicted molar refractivity (Wildman–Crippen MR) is 97.4 cm³/mol. The van der Waals surface area contributed by atoms with E-state index in [0.29, 0.717) is 5.69 Å². The van der Waals surface area contributed by atoms with E-state index in [2.05, 4.69) is 10.0 Å². The van der Waals surface area contributed by atoms with Crippen molar-refractivity contribution in [3.05, 3.63) is 64.9 Å². The monoisotopic (exact) mass is 397 g/mol. The quantitative estimate of drug-likeness (QED) is 0.835. The third-order valence-corrected chi connectivity index (χ3v) is 6.14. The van der Waals surface area contributed by atoms with Crippen LogP contribution in [-0.2, 0) is 15.0 Å². The van der Waals surface area contributed by atoms with Crippen LogP contribution in [0.2, 0.25) is 5.02 Å². The molecule has 2 N–H and O–H groups in total. The first-order valence-corrected chi connectivity index (χ1v) is 9.66. The molecule has 0 unspecified atom stereocenters. The zero-order valence-electron chi connectivity index (χ0n) is 13.8. The van der Waals surface area contributed by atoms with Gasteiger partial charge in [-0.05, 0) is 30.2 Å². The molecule has 1 amide bonds. The SMILES string of the molecule is CN1[C@H](C(=O)Nc2ccc(F)c(Cl)c2)C[C@H](c2ccccc2)NS1(=O)=O. The van der Waals surface area contributed by atoms with E-state index in [4.69, 9.17) is 11.6 Å². The molecule has 2 aromatic carbocycles.